The van der Waals surface area contributed by atoms with Crippen molar-refractivity contribution < 1.29 is 22.7 Å². The molecule has 3 aromatic rings. The Kier molecular flexibility index (Phi) is 6.17. The molecule has 0 spiro atoms. The van der Waals surface area contributed by atoms with Crippen molar-refractivity contribution in [2.75, 3.05) is 12.0 Å². The normalized spacial score (nSPS) is 21.1. The second-order valence-electron chi connectivity index (χ2n) is 6.79. The van der Waals surface area contributed by atoms with Crippen LogP contribution in [-0.2, 0) is 15.7 Å². The van der Waals surface area contributed by atoms with E-state index in [4.69, 9.17) is 4.74 Å². The molecule has 4 rings (SSSR count). The van der Waals surface area contributed by atoms with Gasteiger partial charge in [0.25, 0.3) is 0 Å². The molecule has 1 amide bonds. The molecule has 31 heavy (non-hydrogen) atoms. The molecule has 0 radical (unpaired) electrons. The number of β-lactam (4-membered cyclic amide) rings is 1. The zero-order valence-electron chi connectivity index (χ0n) is 16.4. The van der Waals surface area contributed by atoms with E-state index >= 15 is 0 Å². The molecule has 1 heterocycles. The molecule has 2 atom stereocenters. The summed E-state index contributed by atoms with van der Waals surface area (Å²) in [6, 6.07) is 24.1. The molecule has 0 bridgehead atoms. The molecule has 0 saturated carbocycles. The Morgan fingerprint density at radius 2 is 1.52 bits per heavy atom. The van der Waals surface area contributed by atoms with E-state index in [2.05, 4.69) is 0 Å². The fourth-order valence-corrected chi connectivity index (χ4v) is 8.56. The third kappa shape index (κ3) is 4.26. The molecular weight excluding hydrogens is 490 g/mol. The van der Waals surface area contributed by atoms with Crippen LogP contribution in [0.15, 0.2) is 89.8 Å². The van der Waals surface area contributed by atoms with Gasteiger partial charge in [-0.15, -0.1) is 0 Å². The number of hydrogen-bond acceptors (Lipinski definition) is 3. The van der Waals surface area contributed by atoms with E-state index in [-0.39, 0.29) is 20.9 Å². The Balaban J connectivity index is 1.78. The van der Waals surface area contributed by atoms with Crippen LogP contribution in [0.1, 0.15) is 5.56 Å². The number of nitrogens with zero attached hydrogens (tertiary/aromatic N) is 1. The Morgan fingerprint density at radius 3 is 2.06 bits per heavy atom. The summed E-state index contributed by atoms with van der Waals surface area (Å²) in [5, 5.41) is 0. The number of anilines is 1. The Morgan fingerprint density at radius 1 is 0.935 bits per heavy atom. The van der Waals surface area contributed by atoms with Gasteiger partial charge < -0.3 is 0 Å². The number of rotatable bonds is 6. The average Bonchev–Trinajstić information content (AvgIpc) is 2.75. The number of carbonyl (C=O) groups is 1. The predicted octanol–water partition coefficient (Wildman–Crippen LogP) is 4.54. The van der Waals surface area contributed by atoms with Crippen molar-refractivity contribution in [2.45, 2.75) is 20.9 Å². The predicted molar refractivity (Wildman–Crippen MR) is 117 cm³/mol. The quantitative estimate of drug-likeness (QED) is 0.362. The number of carbonyl (C=O) groups excluding carboxylic acids is 1. The summed E-state index contributed by atoms with van der Waals surface area (Å²) in [6.07, 6.45) is -5.14. The third-order valence-electron chi connectivity index (χ3n) is 4.79. The van der Waals surface area contributed by atoms with Gasteiger partial charge >= 0.3 is 189 Å². The van der Waals surface area contributed by atoms with Gasteiger partial charge in [-0.25, -0.2) is 0 Å². The maximum absolute atomic E-state index is 13.0. The van der Waals surface area contributed by atoms with Gasteiger partial charge in [-0.3, -0.25) is 0 Å². The molecule has 0 N–H and O–H groups in total. The molecule has 0 aromatic heterocycles. The fraction of sp³-hybridized carbons (Fsp3) is 0.174. The van der Waals surface area contributed by atoms with Crippen LogP contribution in [0.4, 0.5) is 18.9 Å². The van der Waals surface area contributed by atoms with Gasteiger partial charge in [0, 0.05) is 0 Å². The molecular formula is C23H18F3NO2SSe. The van der Waals surface area contributed by atoms with Gasteiger partial charge in [0.15, 0.2) is 0 Å². The van der Waals surface area contributed by atoms with Crippen LogP contribution >= 0.6 is 11.8 Å². The third-order valence-corrected chi connectivity index (χ3v) is 9.46. The van der Waals surface area contributed by atoms with Gasteiger partial charge in [-0.1, -0.05) is 0 Å². The number of ether oxygens (including phenoxy) is 1. The molecule has 1 saturated heterocycles. The van der Waals surface area contributed by atoms with Crippen LogP contribution in [-0.4, -0.2) is 37.8 Å². The molecule has 1 aliphatic heterocycles. The van der Waals surface area contributed by atoms with Crippen LogP contribution in [0.25, 0.3) is 0 Å². The van der Waals surface area contributed by atoms with Gasteiger partial charge in [-0.2, -0.15) is 0 Å². The topological polar surface area (TPSA) is 29.5 Å². The molecule has 1 aliphatic rings. The number of thioether (sulfide) groups is 1. The number of amides is 1. The number of benzene rings is 3. The summed E-state index contributed by atoms with van der Waals surface area (Å²) in [7, 11) is 1.49. The number of alkyl halides is 3. The Labute approximate surface area is 188 Å². The van der Waals surface area contributed by atoms with Crippen molar-refractivity contribution in [3.8, 4) is 0 Å². The summed E-state index contributed by atoms with van der Waals surface area (Å²) in [6.45, 7) is 0. The maximum atomic E-state index is 13.0. The number of methoxy groups -OCH3 is 1. The minimum atomic E-state index is -4.43. The second-order valence-corrected chi connectivity index (χ2v) is 11.4. The first-order valence-corrected chi connectivity index (χ1v) is 11.9. The van der Waals surface area contributed by atoms with Gasteiger partial charge in [0.05, 0.1) is 0 Å². The molecule has 8 heteroatoms. The number of halogens is 3. The van der Waals surface area contributed by atoms with Gasteiger partial charge in [0.2, 0.25) is 0 Å². The van der Waals surface area contributed by atoms with Gasteiger partial charge in [0.1, 0.15) is 0 Å². The standard InChI is InChI=1S/C23H18F3NO2SSe/c1-29-20-21(28)27(17-14-12-16(13-15-17)22(24,25)26)23(20,30-18-8-4-2-5-9-18)31-19-10-6-3-7-11-19/h2-15,20H,1H3. The summed E-state index contributed by atoms with van der Waals surface area (Å²) < 4.78 is 45.0. The van der Waals surface area contributed by atoms with E-state index in [9.17, 15) is 18.0 Å². The summed E-state index contributed by atoms with van der Waals surface area (Å²) in [5.41, 5.74) is -0.324. The minimum absolute atomic E-state index is 0.258. The second kappa shape index (κ2) is 8.71. The van der Waals surface area contributed by atoms with Crippen molar-refractivity contribution in [3.63, 3.8) is 0 Å². The molecule has 160 valence electrons. The first-order valence-electron chi connectivity index (χ1n) is 9.37. The van der Waals surface area contributed by atoms with Gasteiger partial charge in [-0.05, 0) is 0 Å². The average molecular weight is 508 g/mol. The molecule has 3 nitrogen and oxygen atoms in total. The first kappa shape index (κ1) is 22.0. The van der Waals surface area contributed by atoms with Crippen molar-refractivity contribution in [2.24, 2.45) is 0 Å². The Bertz CT molecular complexity index is 1000. The monoisotopic (exact) mass is 509 g/mol. The van der Waals surface area contributed by atoms with E-state index in [1.807, 2.05) is 60.7 Å². The SMILES string of the molecule is COC1C(=O)N(c2ccc(C(F)(F)F)cc2)C1(Sc1ccccc1)[Se]c1ccccc1. The molecule has 3 aromatic carbocycles. The van der Waals surface area contributed by atoms with E-state index in [0.717, 1.165) is 21.5 Å². The van der Waals surface area contributed by atoms with E-state index < -0.39 is 21.6 Å². The Hall–Kier alpha value is -2.25. The van der Waals surface area contributed by atoms with Crippen LogP contribution in [0, 0.1) is 0 Å². The van der Waals surface area contributed by atoms with E-state index in [1.165, 1.54) is 31.0 Å². The molecule has 0 aliphatic carbocycles. The summed E-state index contributed by atoms with van der Waals surface area (Å²) in [5.74, 6) is -0.261. The first-order chi connectivity index (χ1) is 14.8. The number of hydrogen-bond donors (Lipinski definition) is 0. The molecule has 2 unspecified atom stereocenters. The summed E-state index contributed by atoms with van der Waals surface area (Å²) in [4.78, 5) is 15.6. The van der Waals surface area contributed by atoms with Crippen LogP contribution < -0.4 is 9.36 Å². The van der Waals surface area contributed by atoms with E-state index in [0.29, 0.717) is 5.69 Å². The van der Waals surface area contributed by atoms with Crippen LogP contribution in [0.2, 0.25) is 0 Å². The zero-order valence-corrected chi connectivity index (χ0v) is 18.9. The molecule has 1 fully saturated rings. The zero-order chi connectivity index (χ0) is 22.1. The van der Waals surface area contributed by atoms with Crippen molar-refractivity contribution in [1.29, 1.82) is 0 Å². The van der Waals surface area contributed by atoms with Crippen molar-refractivity contribution in [3.05, 3.63) is 90.5 Å². The van der Waals surface area contributed by atoms with E-state index in [1.54, 1.807) is 4.90 Å². The van der Waals surface area contributed by atoms with Crippen molar-refractivity contribution in [1.82, 2.24) is 0 Å². The van der Waals surface area contributed by atoms with Crippen LogP contribution in [0.3, 0.4) is 0 Å². The summed E-state index contributed by atoms with van der Waals surface area (Å²) >= 11 is 1.25. The van der Waals surface area contributed by atoms with Crippen LogP contribution in [0.5, 0.6) is 0 Å². The van der Waals surface area contributed by atoms with Crippen molar-refractivity contribution >= 4 is 42.8 Å². The fourth-order valence-electron chi connectivity index (χ4n) is 3.37.